The summed E-state index contributed by atoms with van der Waals surface area (Å²) in [6, 6.07) is 19.1. The fourth-order valence-corrected chi connectivity index (χ4v) is 4.58. The molecule has 4 heteroatoms. The van der Waals surface area contributed by atoms with Gasteiger partial charge in [0.1, 0.15) is 0 Å². The Morgan fingerprint density at radius 3 is 2.42 bits per heavy atom. The van der Waals surface area contributed by atoms with Gasteiger partial charge in [0.05, 0.1) is 6.04 Å². The third-order valence-corrected chi connectivity index (χ3v) is 6.00. The Morgan fingerprint density at radius 1 is 1.00 bits per heavy atom. The normalized spacial score (nSPS) is 24.7. The molecule has 1 heterocycles. The Morgan fingerprint density at radius 2 is 1.69 bits per heavy atom. The van der Waals surface area contributed by atoms with Gasteiger partial charge in [-0.15, -0.1) is 12.4 Å². The second kappa shape index (κ2) is 8.24. The van der Waals surface area contributed by atoms with Crippen molar-refractivity contribution in [1.82, 2.24) is 4.90 Å². The van der Waals surface area contributed by atoms with Gasteiger partial charge in [-0.1, -0.05) is 61.0 Å². The highest BCUT2D eigenvalue weighted by Crippen LogP contribution is 2.38. The first kappa shape index (κ1) is 18.9. The van der Waals surface area contributed by atoms with Crippen LogP contribution in [-0.4, -0.2) is 17.4 Å². The van der Waals surface area contributed by atoms with E-state index < -0.39 is 0 Å². The van der Waals surface area contributed by atoms with Crippen LogP contribution in [0, 0.1) is 11.8 Å². The average molecular weight is 371 g/mol. The van der Waals surface area contributed by atoms with Crippen molar-refractivity contribution >= 4 is 18.3 Å². The quantitative estimate of drug-likeness (QED) is 0.883. The number of rotatable bonds is 3. The largest absolute Gasteiger partial charge is 0.331 e. The molecule has 2 aliphatic rings. The number of amides is 1. The number of carbonyl (C=O) groups excluding carboxylic acids is 1. The number of fused-ring (bicyclic) bond motifs is 1. The van der Waals surface area contributed by atoms with E-state index in [1.54, 1.807) is 0 Å². The maximum absolute atomic E-state index is 13.4. The van der Waals surface area contributed by atoms with E-state index in [1.807, 2.05) is 6.07 Å². The van der Waals surface area contributed by atoms with Crippen LogP contribution in [-0.2, 0) is 17.8 Å². The summed E-state index contributed by atoms with van der Waals surface area (Å²) in [5, 5.41) is 0. The first-order chi connectivity index (χ1) is 12.3. The van der Waals surface area contributed by atoms with Crippen LogP contribution < -0.4 is 5.73 Å². The van der Waals surface area contributed by atoms with Gasteiger partial charge in [0.2, 0.25) is 5.91 Å². The summed E-state index contributed by atoms with van der Waals surface area (Å²) in [7, 11) is 0. The lowest BCUT2D eigenvalue weighted by Crippen LogP contribution is -2.43. The van der Waals surface area contributed by atoms with Gasteiger partial charge < -0.3 is 10.6 Å². The molecule has 2 aromatic rings. The van der Waals surface area contributed by atoms with Crippen LogP contribution in [0.15, 0.2) is 54.6 Å². The number of carbonyl (C=O) groups is 1. The maximum Gasteiger partial charge on any atom is 0.226 e. The van der Waals surface area contributed by atoms with Gasteiger partial charge in [-0.05, 0) is 48.4 Å². The highest BCUT2D eigenvalue weighted by atomic mass is 35.5. The summed E-state index contributed by atoms with van der Waals surface area (Å²) in [6.45, 7) is 1.33. The third kappa shape index (κ3) is 3.51. The second-order valence-electron chi connectivity index (χ2n) is 7.40. The topological polar surface area (TPSA) is 46.3 Å². The minimum Gasteiger partial charge on any atom is -0.331 e. The van der Waals surface area contributed by atoms with E-state index in [0.717, 1.165) is 25.7 Å². The highest BCUT2D eigenvalue weighted by Gasteiger charge is 2.39. The molecular weight excluding hydrogens is 344 g/mol. The van der Waals surface area contributed by atoms with Gasteiger partial charge in [0.15, 0.2) is 0 Å². The molecular formula is C22H27ClN2O. The number of hydrogen-bond acceptors (Lipinski definition) is 2. The zero-order valence-electron chi connectivity index (χ0n) is 15.0. The van der Waals surface area contributed by atoms with Crippen molar-refractivity contribution in [1.29, 1.82) is 0 Å². The van der Waals surface area contributed by atoms with Gasteiger partial charge in [-0.2, -0.15) is 0 Å². The Bertz CT molecular complexity index is 749. The number of benzene rings is 2. The smallest absolute Gasteiger partial charge is 0.226 e. The molecule has 138 valence electrons. The summed E-state index contributed by atoms with van der Waals surface area (Å²) >= 11 is 0. The molecule has 2 aromatic carbocycles. The Labute approximate surface area is 162 Å². The molecule has 1 fully saturated rings. The summed E-state index contributed by atoms with van der Waals surface area (Å²) in [4.78, 5) is 15.6. The molecule has 0 spiro atoms. The van der Waals surface area contributed by atoms with E-state index in [9.17, 15) is 4.79 Å². The lowest BCUT2D eigenvalue weighted by molar-refractivity contribution is -0.140. The van der Waals surface area contributed by atoms with E-state index in [-0.39, 0.29) is 24.4 Å². The molecule has 4 rings (SSSR count). The molecule has 2 N–H and O–H groups in total. The highest BCUT2D eigenvalue weighted by molar-refractivity contribution is 5.85. The molecule has 1 unspecified atom stereocenters. The molecule has 0 aromatic heterocycles. The first-order valence-corrected chi connectivity index (χ1v) is 9.40. The summed E-state index contributed by atoms with van der Waals surface area (Å²) in [5.41, 5.74) is 9.82. The molecule has 3 nitrogen and oxygen atoms in total. The molecule has 1 amide bonds. The van der Waals surface area contributed by atoms with Crippen LogP contribution in [0.25, 0.3) is 0 Å². The zero-order valence-corrected chi connectivity index (χ0v) is 15.8. The van der Waals surface area contributed by atoms with Crippen molar-refractivity contribution in [2.45, 2.75) is 38.3 Å². The Hall–Kier alpha value is -1.84. The van der Waals surface area contributed by atoms with Crippen LogP contribution >= 0.6 is 12.4 Å². The fraction of sp³-hybridized carbons (Fsp3) is 0.409. The van der Waals surface area contributed by atoms with Crippen molar-refractivity contribution < 1.29 is 4.79 Å². The molecule has 0 radical (unpaired) electrons. The average Bonchev–Trinajstić information content (AvgIpc) is 3.16. The summed E-state index contributed by atoms with van der Waals surface area (Å²) in [6.07, 6.45) is 4.10. The minimum atomic E-state index is 0. The molecule has 3 atom stereocenters. The number of hydrogen-bond donors (Lipinski definition) is 1. The van der Waals surface area contributed by atoms with E-state index in [1.165, 1.54) is 16.7 Å². The maximum atomic E-state index is 13.4. The zero-order chi connectivity index (χ0) is 17.2. The standard InChI is InChI=1S/C22H26N2O.ClH/c23-14-18-11-6-12-20(18)22(25)24-15-19-10-5-4-9-17(19)13-21(24)16-7-2-1-3-8-16;/h1-5,7-10,18,20-21H,6,11-15,23H2;1H/t18-,20-,21?;/m1./s1. The van der Waals surface area contributed by atoms with E-state index in [4.69, 9.17) is 5.73 Å². The van der Waals surface area contributed by atoms with Gasteiger partial charge in [-0.3, -0.25) is 4.79 Å². The minimum absolute atomic E-state index is 0. The number of nitrogens with zero attached hydrogens (tertiary/aromatic N) is 1. The monoisotopic (exact) mass is 370 g/mol. The predicted octanol–water partition coefficient (Wildman–Crippen LogP) is 4.11. The molecule has 1 saturated carbocycles. The molecule has 1 aliphatic heterocycles. The SMILES string of the molecule is Cl.NC[C@H]1CCC[C@H]1C(=O)N1Cc2ccccc2CC1c1ccccc1. The van der Waals surface area contributed by atoms with Crippen LogP contribution in [0.5, 0.6) is 0 Å². The first-order valence-electron chi connectivity index (χ1n) is 9.40. The lowest BCUT2D eigenvalue weighted by Gasteiger charge is -2.39. The molecule has 0 bridgehead atoms. The summed E-state index contributed by atoms with van der Waals surface area (Å²) in [5.74, 6) is 0.749. The van der Waals surface area contributed by atoms with Gasteiger partial charge >= 0.3 is 0 Å². The molecule has 0 saturated heterocycles. The second-order valence-corrected chi connectivity index (χ2v) is 7.40. The molecule has 26 heavy (non-hydrogen) atoms. The van der Waals surface area contributed by atoms with Crippen molar-refractivity contribution in [2.75, 3.05) is 6.54 Å². The van der Waals surface area contributed by atoms with Crippen molar-refractivity contribution in [2.24, 2.45) is 17.6 Å². The van der Waals surface area contributed by atoms with Crippen molar-refractivity contribution in [3.05, 3.63) is 71.3 Å². The van der Waals surface area contributed by atoms with E-state index in [0.29, 0.717) is 24.9 Å². The summed E-state index contributed by atoms with van der Waals surface area (Å²) < 4.78 is 0. The van der Waals surface area contributed by atoms with Crippen LogP contribution in [0.1, 0.15) is 42.0 Å². The lowest BCUT2D eigenvalue weighted by atomic mass is 9.87. The fourth-order valence-electron chi connectivity index (χ4n) is 4.58. The molecule has 1 aliphatic carbocycles. The van der Waals surface area contributed by atoms with E-state index in [2.05, 4.69) is 53.4 Å². The van der Waals surface area contributed by atoms with Gasteiger partial charge in [0, 0.05) is 12.5 Å². The number of halogens is 1. The van der Waals surface area contributed by atoms with E-state index >= 15 is 0 Å². The van der Waals surface area contributed by atoms with Crippen molar-refractivity contribution in [3.63, 3.8) is 0 Å². The Kier molecular flexibility index (Phi) is 6.00. The van der Waals surface area contributed by atoms with Crippen LogP contribution in [0.4, 0.5) is 0 Å². The van der Waals surface area contributed by atoms with Crippen molar-refractivity contribution in [3.8, 4) is 0 Å². The third-order valence-electron chi connectivity index (χ3n) is 6.00. The van der Waals surface area contributed by atoms with Crippen LogP contribution in [0.2, 0.25) is 0 Å². The predicted molar refractivity (Wildman–Crippen MR) is 107 cm³/mol. The van der Waals surface area contributed by atoms with Gasteiger partial charge in [0.25, 0.3) is 0 Å². The number of nitrogens with two attached hydrogens (primary N) is 1. The Balaban J connectivity index is 0.00000196. The van der Waals surface area contributed by atoms with Crippen LogP contribution in [0.3, 0.4) is 0 Å². The van der Waals surface area contributed by atoms with Gasteiger partial charge in [-0.25, -0.2) is 0 Å².